The van der Waals surface area contributed by atoms with E-state index in [9.17, 15) is 20.0 Å². The summed E-state index contributed by atoms with van der Waals surface area (Å²) in [5.74, 6) is 0.697. The Hall–Kier alpha value is -1.85. The highest BCUT2D eigenvalue weighted by molar-refractivity contribution is 5.83. The van der Waals surface area contributed by atoms with Crippen LogP contribution >= 0.6 is 0 Å². The van der Waals surface area contributed by atoms with Crippen LogP contribution < -0.4 is 0 Å². The Morgan fingerprint density at radius 3 is 2.50 bits per heavy atom. The Bertz CT molecular complexity index is 771. The average Bonchev–Trinajstić information content (AvgIpc) is 3.17. The predicted molar refractivity (Wildman–Crippen MR) is 116 cm³/mol. The van der Waals surface area contributed by atoms with Crippen LogP contribution in [0.15, 0.2) is 0 Å². The van der Waals surface area contributed by atoms with Crippen molar-refractivity contribution in [1.82, 2.24) is 9.80 Å². The minimum Gasteiger partial charge on any atom is -0.444 e. The zero-order chi connectivity index (χ0) is 23.1. The number of aliphatic hydroxyl groups excluding tert-OH is 1. The van der Waals surface area contributed by atoms with Crippen molar-refractivity contribution in [3.63, 3.8) is 0 Å². The van der Waals surface area contributed by atoms with Gasteiger partial charge < -0.3 is 19.5 Å². The number of aliphatic hydroxyl groups is 1. The average molecular weight is 448 g/mol. The van der Waals surface area contributed by atoms with Crippen molar-refractivity contribution in [1.29, 1.82) is 5.26 Å². The maximum atomic E-state index is 13.5. The topological polar surface area (TPSA) is 103 Å². The molecule has 1 aliphatic heterocycles. The van der Waals surface area contributed by atoms with E-state index >= 15 is 0 Å². The van der Waals surface area contributed by atoms with Crippen LogP contribution in [0, 0.1) is 23.2 Å². The molecule has 8 nitrogen and oxygen atoms in total. The van der Waals surface area contributed by atoms with Crippen LogP contribution in [0.4, 0.5) is 4.79 Å². The highest BCUT2D eigenvalue weighted by Gasteiger charge is 2.62. The minimum absolute atomic E-state index is 0.0249. The van der Waals surface area contributed by atoms with E-state index in [1.165, 1.54) is 0 Å². The number of carbonyl (C=O) groups excluding carboxylic acids is 2. The Labute approximate surface area is 190 Å². The molecule has 1 N–H and O–H groups in total. The highest BCUT2D eigenvalue weighted by atomic mass is 16.6. The van der Waals surface area contributed by atoms with Gasteiger partial charge in [0.1, 0.15) is 18.2 Å². The molecule has 4 saturated carbocycles. The zero-order valence-electron chi connectivity index (χ0n) is 19.6. The summed E-state index contributed by atoms with van der Waals surface area (Å²) >= 11 is 0. The molecule has 5 fully saturated rings. The Morgan fingerprint density at radius 1 is 1.22 bits per heavy atom. The van der Waals surface area contributed by atoms with Crippen molar-refractivity contribution in [3.8, 4) is 6.07 Å². The summed E-state index contributed by atoms with van der Waals surface area (Å²) < 4.78 is 12.0. The largest absolute Gasteiger partial charge is 0.444 e. The summed E-state index contributed by atoms with van der Waals surface area (Å²) in [6.07, 6.45) is 6.42. The molecule has 0 radical (unpaired) electrons. The second kappa shape index (κ2) is 8.49. The van der Waals surface area contributed by atoms with Gasteiger partial charge >= 0.3 is 6.09 Å². The van der Waals surface area contributed by atoms with Crippen molar-refractivity contribution in [2.24, 2.45) is 11.8 Å². The van der Waals surface area contributed by atoms with Crippen molar-refractivity contribution in [2.75, 3.05) is 26.3 Å². The van der Waals surface area contributed by atoms with Gasteiger partial charge in [-0.3, -0.25) is 9.69 Å². The molecule has 0 aromatic carbocycles. The minimum atomic E-state index is -0.672. The van der Waals surface area contributed by atoms with Crippen LogP contribution in [-0.2, 0) is 14.3 Å². The van der Waals surface area contributed by atoms with Gasteiger partial charge in [-0.2, -0.15) is 5.26 Å². The first-order valence-electron chi connectivity index (χ1n) is 12.0. The Balaban J connectivity index is 1.63. The lowest BCUT2D eigenvalue weighted by atomic mass is 9.50. The molecule has 0 spiro atoms. The number of nitriles is 1. The van der Waals surface area contributed by atoms with Crippen molar-refractivity contribution in [2.45, 2.75) is 94.9 Å². The lowest BCUT2D eigenvalue weighted by Crippen LogP contribution is -2.68. The van der Waals surface area contributed by atoms with Crippen LogP contribution in [0.1, 0.15) is 72.1 Å². The molecule has 1 saturated heterocycles. The molecule has 2 amide bonds. The van der Waals surface area contributed by atoms with Gasteiger partial charge in [-0.05, 0) is 84.0 Å². The number of rotatable bonds is 6. The molecule has 0 aromatic heterocycles. The summed E-state index contributed by atoms with van der Waals surface area (Å²) in [4.78, 5) is 30.1. The third-order valence-corrected chi connectivity index (χ3v) is 7.68. The number of hydrogen-bond acceptors (Lipinski definition) is 6. The molecule has 5 rings (SSSR count). The van der Waals surface area contributed by atoms with E-state index in [1.54, 1.807) is 9.80 Å². The van der Waals surface area contributed by atoms with E-state index in [2.05, 4.69) is 6.07 Å². The van der Waals surface area contributed by atoms with Gasteiger partial charge in [0.15, 0.2) is 0 Å². The van der Waals surface area contributed by atoms with Crippen LogP contribution in [0.5, 0.6) is 0 Å². The van der Waals surface area contributed by atoms with Crippen molar-refractivity contribution in [3.05, 3.63) is 0 Å². The standard InChI is InChI=1S/C24H37N3O5/c1-22(2,3)32-21(30)27(15-20(29)26-6-4-5-19(26)14-25)23-10-17-9-18(11-23)13-24(12-17,16-23)31-8-7-28/h17-19,28H,4-13,15-16H2,1-3H3/t17-,18?,19-,23?,24?/m0/s1. The number of hydrogen-bond donors (Lipinski definition) is 1. The first kappa shape index (κ1) is 23.3. The molecule has 5 atom stereocenters. The molecular formula is C24H37N3O5. The lowest BCUT2D eigenvalue weighted by molar-refractivity contribution is -0.200. The molecule has 4 aliphatic carbocycles. The third-order valence-electron chi connectivity index (χ3n) is 7.68. The van der Waals surface area contributed by atoms with Crippen molar-refractivity contribution >= 4 is 12.0 Å². The number of likely N-dealkylation sites (tertiary alicyclic amines) is 1. The molecule has 5 aliphatic rings. The first-order valence-corrected chi connectivity index (χ1v) is 12.0. The summed E-state index contributed by atoms with van der Waals surface area (Å²) in [6.45, 7) is 6.26. The fourth-order valence-corrected chi connectivity index (χ4v) is 7.05. The van der Waals surface area contributed by atoms with Gasteiger partial charge in [0.25, 0.3) is 0 Å². The summed E-state index contributed by atoms with van der Waals surface area (Å²) in [5, 5.41) is 18.8. The van der Waals surface area contributed by atoms with Gasteiger partial charge in [0, 0.05) is 6.54 Å². The zero-order valence-corrected chi connectivity index (χ0v) is 19.6. The van der Waals surface area contributed by atoms with E-state index in [0.717, 1.165) is 38.5 Å². The molecule has 1 heterocycles. The lowest BCUT2D eigenvalue weighted by Gasteiger charge is -2.64. The number of nitrogens with zero attached hydrogens (tertiary/aromatic N) is 3. The van der Waals surface area contributed by atoms with E-state index in [0.29, 0.717) is 37.8 Å². The second-order valence-electron chi connectivity index (χ2n) is 11.4. The summed E-state index contributed by atoms with van der Waals surface area (Å²) in [7, 11) is 0. The van der Waals surface area contributed by atoms with Crippen LogP contribution in [0.3, 0.4) is 0 Å². The van der Waals surface area contributed by atoms with Crippen molar-refractivity contribution < 1.29 is 24.2 Å². The second-order valence-corrected chi connectivity index (χ2v) is 11.4. The Kier molecular flexibility index (Phi) is 6.19. The summed E-state index contributed by atoms with van der Waals surface area (Å²) in [6, 6.07) is 1.81. The molecule has 178 valence electrons. The van der Waals surface area contributed by atoms with E-state index in [4.69, 9.17) is 9.47 Å². The quantitative estimate of drug-likeness (QED) is 0.672. The molecule has 4 bridgehead atoms. The van der Waals surface area contributed by atoms with E-state index in [-0.39, 0.29) is 24.7 Å². The fraction of sp³-hybridized carbons (Fsp3) is 0.875. The maximum absolute atomic E-state index is 13.5. The molecule has 32 heavy (non-hydrogen) atoms. The molecule has 8 heteroatoms. The first-order chi connectivity index (χ1) is 15.1. The van der Waals surface area contributed by atoms with Crippen LogP contribution in [0.25, 0.3) is 0 Å². The molecular weight excluding hydrogens is 410 g/mol. The molecule has 0 aromatic rings. The van der Waals surface area contributed by atoms with E-state index < -0.39 is 23.3 Å². The number of amides is 2. The van der Waals surface area contributed by atoms with Crippen LogP contribution in [-0.4, -0.2) is 76.0 Å². The van der Waals surface area contributed by atoms with Gasteiger partial charge in [0.2, 0.25) is 5.91 Å². The van der Waals surface area contributed by atoms with Crippen LogP contribution in [0.2, 0.25) is 0 Å². The predicted octanol–water partition coefficient (Wildman–Crippen LogP) is 2.84. The SMILES string of the molecule is CC(C)(C)OC(=O)N(CC(=O)N1CCC[C@H]1C#N)C12CC3C[C@H](CC(OCCO)(C3)C1)C2. The maximum Gasteiger partial charge on any atom is 0.411 e. The normalized spacial score (nSPS) is 35.6. The Morgan fingerprint density at radius 2 is 1.91 bits per heavy atom. The van der Waals surface area contributed by atoms with Gasteiger partial charge in [0.05, 0.1) is 30.4 Å². The number of carbonyl (C=O) groups is 2. The fourth-order valence-electron chi connectivity index (χ4n) is 7.05. The smallest absolute Gasteiger partial charge is 0.411 e. The third kappa shape index (κ3) is 4.47. The van der Waals surface area contributed by atoms with Gasteiger partial charge in [-0.1, -0.05) is 0 Å². The number of ether oxygens (including phenoxy) is 2. The molecule has 3 unspecified atom stereocenters. The monoisotopic (exact) mass is 447 g/mol. The van der Waals surface area contributed by atoms with Gasteiger partial charge in [-0.15, -0.1) is 0 Å². The van der Waals surface area contributed by atoms with Gasteiger partial charge in [-0.25, -0.2) is 4.79 Å². The summed E-state index contributed by atoms with van der Waals surface area (Å²) in [5.41, 5.74) is -1.51. The highest BCUT2D eigenvalue weighted by Crippen LogP contribution is 2.61. The van der Waals surface area contributed by atoms with E-state index in [1.807, 2.05) is 20.8 Å².